The molecule has 7 rings (SSSR count). The Kier molecular flexibility index (Phi) is 20.7. The van der Waals surface area contributed by atoms with Gasteiger partial charge in [0, 0.05) is 64.1 Å². The van der Waals surface area contributed by atoms with Crippen LogP contribution in [0.4, 0.5) is 0 Å². The number of fused-ring (bicyclic) bond motifs is 5. The molecule has 2 heterocycles. The van der Waals surface area contributed by atoms with E-state index in [4.69, 9.17) is 14.2 Å². The van der Waals surface area contributed by atoms with Crippen LogP contribution in [0.3, 0.4) is 0 Å². The molecule has 2 saturated carbocycles. The van der Waals surface area contributed by atoms with Gasteiger partial charge < -0.3 is 50.0 Å². The summed E-state index contributed by atoms with van der Waals surface area (Å²) in [6, 6.07) is 12.2. The smallest absolute Gasteiger partial charge is 0.246 e. The van der Waals surface area contributed by atoms with Gasteiger partial charge >= 0.3 is 0 Å². The zero-order valence-electron chi connectivity index (χ0n) is 45.8. The number of hydrogen-bond acceptors (Lipinski definition) is 12. The largest absolute Gasteiger partial charge is 0.508 e. The summed E-state index contributed by atoms with van der Waals surface area (Å²) in [6.07, 6.45) is 11.2. The number of carbonyl (C=O) groups is 3. The van der Waals surface area contributed by atoms with Crippen LogP contribution in [0.2, 0.25) is 0 Å². The second kappa shape index (κ2) is 26.7. The molecule has 9 unspecified atom stereocenters. The molecule has 0 aromatic heterocycles. The number of unbranched alkanes of at least 4 members (excludes halogenated alkanes) is 2. The van der Waals surface area contributed by atoms with E-state index in [-0.39, 0.29) is 50.2 Å². The van der Waals surface area contributed by atoms with Gasteiger partial charge in [-0.3, -0.25) is 24.3 Å². The van der Waals surface area contributed by atoms with Crippen LogP contribution in [-0.4, -0.2) is 164 Å². The summed E-state index contributed by atoms with van der Waals surface area (Å²) in [5.74, 6) is 1.56. The van der Waals surface area contributed by atoms with E-state index in [1.807, 2.05) is 77.9 Å². The summed E-state index contributed by atoms with van der Waals surface area (Å²) in [6.45, 7) is 22.1. The number of hydrogen-bond donors (Lipinski definition) is 5. The number of likely N-dealkylation sites (tertiary alicyclic amines) is 1. The Balaban J connectivity index is 0.717. The van der Waals surface area contributed by atoms with Crippen molar-refractivity contribution in [3.63, 3.8) is 0 Å². The van der Waals surface area contributed by atoms with Gasteiger partial charge in [0.15, 0.2) is 0 Å². The maximum absolute atomic E-state index is 14.0. The van der Waals surface area contributed by atoms with Crippen molar-refractivity contribution in [1.82, 2.24) is 25.3 Å². The number of phenolic OH excluding ortho intramolecular Hbond substituents is 1. The van der Waals surface area contributed by atoms with E-state index in [2.05, 4.69) is 38.4 Å². The fourth-order valence-corrected chi connectivity index (χ4v) is 13.0. The number of phenols is 1. The van der Waals surface area contributed by atoms with Gasteiger partial charge in [-0.25, -0.2) is 0 Å². The Morgan fingerprint density at radius 2 is 1.57 bits per heavy atom. The molecule has 15 heteroatoms. The van der Waals surface area contributed by atoms with Crippen molar-refractivity contribution < 1.29 is 43.9 Å². The standard InChI is InChI=1S/C59H90N6O9/c1-8-60-41(3)40(2)43-15-13-42(14-16-43)37-61-56(70)51-36-47(67)38-65(51)57(71)55(58(4,5)6)62-53(69)39-74-33-32-73-31-30-72-29-28-64-26-24-63(25-27-64)23-11-9-10-12-44-34-45-35-46(66)17-18-48(45)49-21-22-59(7)50(54(44)49)19-20-52(59)68/h8,13-18,35,44,47,49-52,54-55,66-68H,9-12,19-34,36-39H2,1-7H3,(H,61,70)(H,62,69). The topological polar surface area (TPSA) is 186 Å². The maximum Gasteiger partial charge on any atom is 0.246 e. The molecule has 0 radical (unpaired) electrons. The molecule has 2 aromatic rings. The predicted molar refractivity (Wildman–Crippen MR) is 290 cm³/mol. The third-order valence-electron chi connectivity index (χ3n) is 17.4. The number of allylic oxidation sites excluding steroid dienone is 2. The molecule has 0 spiro atoms. The predicted octanol–water partition coefficient (Wildman–Crippen LogP) is 6.71. The van der Waals surface area contributed by atoms with E-state index in [1.54, 1.807) is 6.21 Å². The molecule has 74 heavy (non-hydrogen) atoms. The van der Waals surface area contributed by atoms with Gasteiger partial charge in [-0.2, -0.15) is 0 Å². The molecule has 3 aliphatic carbocycles. The van der Waals surface area contributed by atoms with Crippen LogP contribution in [0.15, 0.2) is 53.2 Å². The zero-order chi connectivity index (χ0) is 53.0. The van der Waals surface area contributed by atoms with Gasteiger partial charge in [0.25, 0.3) is 0 Å². The Morgan fingerprint density at radius 1 is 0.878 bits per heavy atom. The van der Waals surface area contributed by atoms with Crippen molar-refractivity contribution in [1.29, 1.82) is 0 Å². The van der Waals surface area contributed by atoms with Crippen molar-refractivity contribution in [3.8, 4) is 5.75 Å². The molecule has 0 bridgehead atoms. The number of benzene rings is 2. The molecule has 5 aliphatic rings. The van der Waals surface area contributed by atoms with Gasteiger partial charge in [0.1, 0.15) is 24.4 Å². The van der Waals surface area contributed by atoms with E-state index in [0.717, 1.165) is 93.8 Å². The summed E-state index contributed by atoms with van der Waals surface area (Å²) in [4.78, 5) is 51.3. The number of ether oxygens (including phenoxy) is 3. The number of aromatic hydroxyl groups is 1. The molecule has 5 N–H and O–H groups in total. The van der Waals surface area contributed by atoms with Crippen LogP contribution in [0, 0.1) is 28.6 Å². The molecule has 4 fully saturated rings. The number of nitrogens with one attached hydrogen (secondary N) is 2. The van der Waals surface area contributed by atoms with E-state index in [0.29, 0.717) is 55.8 Å². The van der Waals surface area contributed by atoms with Crippen molar-refractivity contribution in [2.24, 2.45) is 33.6 Å². The fraction of sp³-hybridized carbons (Fsp3) is 0.695. The van der Waals surface area contributed by atoms with Crippen LogP contribution in [0.1, 0.15) is 134 Å². The highest BCUT2D eigenvalue weighted by Gasteiger charge is 2.56. The molecule has 2 aliphatic heterocycles. The molecular weight excluding hydrogens is 937 g/mol. The number of carbonyl (C=O) groups excluding carboxylic acids is 3. The highest BCUT2D eigenvalue weighted by molar-refractivity contribution is 5.93. The lowest BCUT2D eigenvalue weighted by molar-refractivity contribution is -0.144. The second-order valence-corrected chi connectivity index (χ2v) is 23.4. The number of aliphatic hydroxyl groups excluding tert-OH is 2. The highest BCUT2D eigenvalue weighted by atomic mass is 16.5. The average Bonchev–Trinajstić information content (AvgIpc) is 3.92. The lowest BCUT2D eigenvalue weighted by Gasteiger charge is -2.53. The minimum Gasteiger partial charge on any atom is -0.508 e. The first-order valence-corrected chi connectivity index (χ1v) is 28.0. The molecule has 2 saturated heterocycles. The third-order valence-corrected chi connectivity index (χ3v) is 17.4. The normalized spacial score (nSPS) is 27.1. The number of rotatable bonds is 24. The minimum atomic E-state index is -0.946. The lowest BCUT2D eigenvalue weighted by Crippen LogP contribution is -2.58. The molecule has 3 amide bonds. The molecule has 15 nitrogen and oxygen atoms in total. The minimum absolute atomic E-state index is 0.00305. The van der Waals surface area contributed by atoms with E-state index < -0.39 is 35.4 Å². The molecule has 9 atom stereocenters. The maximum atomic E-state index is 14.0. The fourth-order valence-electron chi connectivity index (χ4n) is 13.0. The number of piperazine rings is 1. The SMILES string of the molecule is CC=NC(C)=C(C)c1ccc(CNC(=O)C2CC(O)CN2C(=O)C(NC(=O)COCCOCCOCCN2CCN(CCCCCC3Cc4cc(O)ccc4C4CCC5(C)C(O)CCC5C34)CC2)C(C)(C)C)cc1. The van der Waals surface area contributed by atoms with Gasteiger partial charge in [0.2, 0.25) is 17.7 Å². The Labute approximate surface area is 441 Å². The van der Waals surface area contributed by atoms with Gasteiger partial charge in [-0.05, 0) is 147 Å². The van der Waals surface area contributed by atoms with E-state index in [1.165, 1.54) is 41.7 Å². The molecule has 2 aromatic carbocycles. The first-order valence-electron chi connectivity index (χ1n) is 28.0. The first kappa shape index (κ1) is 57.5. The van der Waals surface area contributed by atoms with E-state index in [9.17, 15) is 29.7 Å². The van der Waals surface area contributed by atoms with Gasteiger partial charge in [0.05, 0.1) is 45.2 Å². The Bertz CT molecular complexity index is 2220. The summed E-state index contributed by atoms with van der Waals surface area (Å²) < 4.78 is 17.2. The number of nitrogens with zero attached hydrogens (tertiary/aromatic N) is 4. The van der Waals surface area contributed by atoms with Crippen molar-refractivity contribution in [2.45, 2.75) is 149 Å². The second-order valence-electron chi connectivity index (χ2n) is 23.4. The van der Waals surface area contributed by atoms with Crippen molar-refractivity contribution in [2.75, 3.05) is 85.5 Å². The third kappa shape index (κ3) is 14.8. The Morgan fingerprint density at radius 3 is 2.27 bits per heavy atom. The quantitative estimate of drug-likeness (QED) is 0.0556. The number of amides is 3. The van der Waals surface area contributed by atoms with E-state index >= 15 is 0 Å². The van der Waals surface area contributed by atoms with Crippen LogP contribution in [-0.2, 0) is 41.6 Å². The number of β-amino-alcohol motifs (C(OH)–C–C–N with tert-alkyl or cyclic N) is 1. The zero-order valence-corrected chi connectivity index (χ0v) is 45.8. The summed E-state index contributed by atoms with van der Waals surface area (Å²) in [5, 5.41) is 37.7. The summed E-state index contributed by atoms with van der Waals surface area (Å²) in [5.41, 5.74) is 6.12. The van der Waals surface area contributed by atoms with Gasteiger partial charge in [-0.1, -0.05) is 70.9 Å². The van der Waals surface area contributed by atoms with Crippen LogP contribution in [0.5, 0.6) is 5.75 Å². The average molecular weight is 1030 g/mol. The van der Waals surface area contributed by atoms with Crippen LogP contribution >= 0.6 is 0 Å². The van der Waals surface area contributed by atoms with Crippen molar-refractivity contribution >= 4 is 29.5 Å². The summed E-state index contributed by atoms with van der Waals surface area (Å²) >= 11 is 0. The van der Waals surface area contributed by atoms with Crippen molar-refractivity contribution in [3.05, 3.63) is 70.4 Å². The lowest BCUT2D eigenvalue weighted by atomic mass is 9.52. The van der Waals surface area contributed by atoms with Crippen LogP contribution < -0.4 is 10.6 Å². The monoisotopic (exact) mass is 1030 g/mol. The van der Waals surface area contributed by atoms with Gasteiger partial charge in [-0.15, -0.1) is 0 Å². The number of aliphatic hydroxyl groups is 2. The first-order chi connectivity index (χ1) is 35.5. The molecule has 410 valence electrons. The summed E-state index contributed by atoms with van der Waals surface area (Å²) in [7, 11) is 0. The molecular formula is C59H90N6O9. The highest BCUT2D eigenvalue weighted by Crippen LogP contribution is 2.62. The van der Waals surface area contributed by atoms with Crippen LogP contribution in [0.25, 0.3) is 5.57 Å². The Hall–Kier alpha value is -4.22. The number of aliphatic imine (C=N–C) groups is 1.